The molecule has 40 heavy (non-hydrogen) atoms. The summed E-state index contributed by atoms with van der Waals surface area (Å²) < 4.78 is 44.6. The van der Waals surface area contributed by atoms with Crippen LogP contribution in [0.25, 0.3) is 11.0 Å². The number of imidazole rings is 1. The topological polar surface area (TPSA) is 69.3 Å². The number of benzene rings is 3. The molecule has 3 aromatic carbocycles. The van der Waals surface area contributed by atoms with Crippen molar-refractivity contribution in [1.82, 2.24) is 19.2 Å². The van der Waals surface area contributed by atoms with E-state index in [1.807, 2.05) is 37.3 Å². The molecule has 0 aliphatic carbocycles. The van der Waals surface area contributed by atoms with Crippen LogP contribution in [0, 0.1) is 12.7 Å². The first-order chi connectivity index (χ1) is 19.4. The van der Waals surface area contributed by atoms with Crippen LogP contribution in [0.5, 0.6) is 0 Å². The molecule has 2 heterocycles. The van der Waals surface area contributed by atoms with Crippen molar-refractivity contribution in [2.75, 3.05) is 19.6 Å². The predicted octanol–water partition coefficient (Wildman–Crippen LogP) is 6.77. The smallest absolute Gasteiger partial charge is 0.244 e. The SMILES string of the molecule is CCCCN(C(Cc1ccccc1CN1CCCCC1)c1nc2ccccc2[nH]1)S(=O)(=O)c1cc(F)ccc1C. The van der Waals surface area contributed by atoms with Gasteiger partial charge in [0, 0.05) is 13.1 Å². The van der Waals surface area contributed by atoms with E-state index in [0.717, 1.165) is 48.7 Å². The lowest BCUT2D eigenvalue weighted by Crippen LogP contribution is -2.38. The summed E-state index contributed by atoms with van der Waals surface area (Å²) in [6.45, 7) is 7.07. The molecule has 1 N–H and O–H groups in total. The van der Waals surface area contributed by atoms with Crippen molar-refractivity contribution >= 4 is 21.1 Å². The molecule has 8 heteroatoms. The van der Waals surface area contributed by atoms with Crippen molar-refractivity contribution in [3.8, 4) is 0 Å². The molecule has 0 amide bonds. The van der Waals surface area contributed by atoms with Crippen molar-refractivity contribution in [2.45, 2.75) is 69.9 Å². The second kappa shape index (κ2) is 12.6. The third kappa shape index (κ3) is 6.29. The molecule has 0 bridgehead atoms. The van der Waals surface area contributed by atoms with Crippen molar-refractivity contribution in [3.05, 3.63) is 95.1 Å². The van der Waals surface area contributed by atoms with Crippen LogP contribution in [0.15, 0.2) is 71.6 Å². The van der Waals surface area contributed by atoms with Crippen LogP contribution >= 0.6 is 0 Å². The van der Waals surface area contributed by atoms with Crippen LogP contribution in [0.4, 0.5) is 4.39 Å². The molecule has 4 aromatic rings. The van der Waals surface area contributed by atoms with E-state index < -0.39 is 21.9 Å². The summed E-state index contributed by atoms with van der Waals surface area (Å²) >= 11 is 0. The van der Waals surface area contributed by atoms with Crippen molar-refractivity contribution in [3.63, 3.8) is 0 Å². The molecule has 1 saturated heterocycles. The minimum atomic E-state index is -4.05. The summed E-state index contributed by atoms with van der Waals surface area (Å²) in [6, 6.07) is 19.5. The number of para-hydroxylation sites is 2. The van der Waals surface area contributed by atoms with Gasteiger partial charge in [0.1, 0.15) is 11.6 Å². The van der Waals surface area contributed by atoms with E-state index >= 15 is 0 Å². The molecule has 0 saturated carbocycles. The van der Waals surface area contributed by atoms with Gasteiger partial charge < -0.3 is 4.98 Å². The Morgan fingerprint density at radius 3 is 2.48 bits per heavy atom. The summed E-state index contributed by atoms with van der Waals surface area (Å²) in [7, 11) is -4.05. The third-order valence-corrected chi connectivity index (χ3v) is 9.96. The second-order valence-electron chi connectivity index (χ2n) is 10.8. The number of rotatable bonds is 11. The lowest BCUT2D eigenvalue weighted by atomic mass is 9.98. The predicted molar refractivity (Wildman–Crippen MR) is 158 cm³/mol. The zero-order valence-corrected chi connectivity index (χ0v) is 24.3. The molecule has 1 atom stereocenters. The van der Waals surface area contributed by atoms with Crippen LogP contribution in [-0.4, -0.2) is 47.2 Å². The van der Waals surface area contributed by atoms with Gasteiger partial charge in [-0.25, -0.2) is 17.8 Å². The van der Waals surface area contributed by atoms with Crippen LogP contribution < -0.4 is 0 Å². The highest BCUT2D eigenvalue weighted by atomic mass is 32.2. The van der Waals surface area contributed by atoms with Crippen LogP contribution in [0.1, 0.15) is 67.6 Å². The molecular formula is C32H39FN4O2S. The van der Waals surface area contributed by atoms with Gasteiger partial charge in [-0.2, -0.15) is 4.31 Å². The molecule has 1 aliphatic rings. The van der Waals surface area contributed by atoms with Gasteiger partial charge >= 0.3 is 0 Å². The number of nitrogens with one attached hydrogen (secondary N) is 1. The third-order valence-electron chi connectivity index (χ3n) is 7.91. The molecule has 5 rings (SSSR count). The van der Waals surface area contributed by atoms with Crippen molar-refractivity contribution in [2.24, 2.45) is 0 Å². The van der Waals surface area contributed by atoms with E-state index in [9.17, 15) is 12.8 Å². The average Bonchev–Trinajstić information content (AvgIpc) is 3.39. The summed E-state index contributed by atoms with van der Waals surface area (Å²) in [5, 5.41) is 0. The quantitative estimate of drug-likeness (QED) is 0.219. The van der Waals surface area contributed by atoms with Crippen molar-refractivity contribution < 1.29 is 12.8 Å². The Hall–Kier alpha value is -3.07. The zero-order valence-electron chi connectivity index (χ0n) is 23.4. The Morgan fingerprint density at radius 1 is 1.00 bits per heavy atom. The normalized spacial score (nSPS) is 15.6. The lowest BCUT2D eigenvalue weighted by Gasteiger charge is -2.32. The number of sulfonamides is 1. The molecule has 0 spiro atoms. The Kier molecular flexibility index (Phi) is 8.98. The first-order valence-corrected chi connectivity index (χ1v) is 15.8. The van der Waals surface area contributed by atoms with E-state index in [-0.39, 0.29) is 4.90 Å². The molecule has 1 fully saturated rings. The number of H-pyrrole nitrogens is 1. The van der Waals surface area contributed by atoms with Gasteiger partial charge in [0.15, 0.2) is 0 Å². The number of piperidine rings is 1. The first kappa shape index (κ1) is 28.5. The van der Waals surface area contributed by atoms with Crippen LogP contribution in [0.2, 0.25) is 0 Å². The van der Waals surface area contributed by atoms with Gasteiger partial charge in [0.2, 0.25) is 10.0 Å². The van der Waals surface area contributed by atoms with Gasteiger partial charge in [-0.1, -0.05) is 62.2 Å². The highest BCUT2D eigenvalue weighted by Gasteiger charge is 2.35. The van der Waals surface area contributed by atoms with E-state index in [1.54, 1.807) is 11.2 Å². The Balaban J connectivity index is 1.60. The van der Waals surface area contributed by atoms with Gasteiger partial charge in [0.25, 0.3) is 0 Å². The number of hydrogen-bond donors (Lipinski definition) is 1. The zero-order chi connectivity index (χ0) is 28.1. The van der Waals surface area contributed by atoms with Gasteiger partial charge in [0.05, 0.1) is 22.0 Å². The summed E-state index contributed by atoms with van der Waals surface area (Å²) in [5.41, 5.74) is 4.49. The number of aryl methyl sites for hydroxylation is 1. The maximum Gasteiger partial charge on any atom is 0.244 e. The summed E-state index contributed by atoms with van der Waals surface area (Å²) in [6.07, 6.45) is 5.66. The highest BCUT2D eigenvalue weighted by molar-refractivity contribution is 7.89. The number of aromatic nitrogens is 2. The van der Waals surface area contributed by atoms with Gasteiger partial charge in [-0.15, -0.1) is 0 Å². The largest absolute Gasteiger partial charge is 0.341 e. The number of halogens is 1. The van der Waals surface area contributed by atoms with E-state index in [4.69, 9.17) is 4.98 Å². The highest BCUT2D eigenvalue weighted by Crippen LogP contribution is 2.33. The van der Waals surface area contributed by atoms with E-state index in [0.29, 0.717) is 30.8 Å². The Labute approximate surface area is 237 Å². The number of unbranched alkanes of at least 4 members (excludes halogenated alkanes) is 1. The average molecular weight is 563 g/mol. The Bertz CT molecular complexity index is 1510. The number of hydrogen-bond acceptors (Lipinski definition) is 4. The van der Waals surface area contributed by atoms with Crippen LogP contribution in [0.3, 0.4) is 0 Å². The van der Waals surface area contributed by atoms with Gasteiger partial charge in [-0.3, -0.25) is 4.90 Å². The lowest BCUT2D eigenvalue weighted by molar-refractivity contribution is 0.219. The minimum absolute atomic E-state index is 0.00585. The number of fused-ring (bicyclic) bond motifs is 1. The van der Waals surface area contributed by atoms with Crippen molar-refractivity contribution in [1.29, 1.82) is 0 Å². The molecule has 1 unspecified atom stereocenters. The van der Waals surface area contributed by atoms with Crippen LogP contribution in [-0.2, 0) is 23.0 Å². The second-order valence-corrected chi connectivity index (χ2v) is 12.7. The minimum Gasteiger partial charge on any atom is -0.341 e. The Morgan fingerprint density at radius 2 is 1.73 bits per heavy atom. The van der Waals surface area contributed by atoms with E-state index in [2.05, 4.69) is 28.1 Å². The fourth-order valence-electron chi connectivity index (χ4n) is 5.68. The van der Waals surface area contributed by atoms with E-state index in [1.165, 1.54) is 37.0 Å². The molecule has 1 aromatic heterocycles. The molecule has 0 radical (unpaired) electrons. The molecule has 6 nitrogen and oxygen atoms in total. The molecule has 212 valence electrons. The molecular weight excluding hydrogens is 523 g/mol. The first-order valence-electron chi connectivity index (χ1n) is 14.4. The summed E-state index contributed by atoms with van der Waals surface area (Å²) in [5.74, 6) is 0.0366. The maximum atomic E-state index is 14.4. The number of likely N-dealkylation sites (tertiary alicyclic amines) is 1. The standard InChI is InChI=1S/C32H39FN4O2S/c1-3-4-20-37(40(38,39)31-22-27(33)17-16-24(31)2)30(32-34-28-14-8-9-15-29(28)35-32)21-25-12-6-7-13-26(25)23-36-18-10-5-11-19-36/h6-9,12-17,22,30H,3-5,10-11,18-21,23H2,1-2H3,(H,34,35). The monoisotopic (exact) mass is 562 g/mol. The number of nitrogens with zero attached hydrogens (tertiary/aromatic N) is 3. The fourth-order valence-corrected chi connectivity index (χ4v) is 7.55. The van der Waals surface area contributed by atoms with Gasteiger partial charge in [-0.05, 0) is 86.7 Å². The summed E-state index contributed by atoms with van der Waals surface area (Å²) in [4.78, 5) is 10.8. The fraction of sp³-hybridized carbons (Fsp3) is 0.406. The number of aromatic amines is 1. The molecule has 1 aliphatic heterocycles. The maximum absolute atomic E-state index is 14.4.